The molecule has 3 N–H and O–H groups in total. The number of anilines is 1. The molecule has 0 spiro atoms. The molecule has 0 saturated carbocycles. The smallest absolute Gasteiger partial charge is 0.333 e. The highest BCUT2D eigenvalue weighted by atomic mass is 32.2. The van der Waals surface area contributed by atoms with Gasteiger partial charge in [0.1, 0.15) is 17.5 Å². The van der Waals surface area contributed by atoms with Gasteiger partial charge in [0.25, 0.3) is 0 Å². The third kappa shape index (κ3) is 5.19. The lowest BCUT2D eigenvalue weighted by Gasteiger charge is -2.44. The van der Waals surface area contributed by atoms with Crippen LogP contribution in [0, 0.1) is 0 Å². The molecule has 2 amide bonds. The molecule has 10 nitrogen and oxygen atoms in total. The number of nitrogens with one attached hydrogen (secondary N) is 1. The highest BCUT2D eigenvalue weighted by Crippen LogP contribution is 2.51. The summed E-state index contributed by atoms with van der Waals surface area (Å²) in [5.74, 6) is -2.59. The minimum atomic E-state index is -1.08. The van der Waals surface area contributed by atoms with Crippen molar-refractivity contribution in [2.24, 2.45) is 0 Å². The average Bonchev–Trinajstić information content (AvgIpc) is 3.34. The van der Waals surface area contributed by atoms with Crippen molar-refractivity contribution in [2.75, 3.05) is 5.73 Å². The predicted molar refractivity (Wildman–Crippen MR) is 135 cm³/mol. The van der Waals surface area contributed by atoms with Crippen molar-refractivity contribution in [3.63, 3.8) is 0 Å². The molecule has 36 heavy (non-hydrogen) atoms. The summed E-state index contributed by atoms with van der Waals surface area (Å²) in [7, 11) is 0. The Morgan fingerprint density at radius 1 is 1.22 bits per heavy atom. The molecular formula is C24H28N4O6S2. The number of amides is 2. The summed E-state index contributed by atoms with van der Waals surface area (Å²) in [5, 5.41) is 4.56. The van der Waals surface area contributed by atoms with Gasteiger partial charge in [-0.05, 0) is 25.8 Å². The quantitative estimate of drug-likeness (QED) is 0.297. The van der Waals surface area contributed by atoms with Gasteiger partial charge < -0.3 is 25.4 Å². The van der Waals surface area contributed by atoms with Crippen molar-refractivity contribution in [2.45, 2.75) is 68.5 Å². The van der Waals surface area contributed by atoms with E-state index in [1.807, 2.05) is 44.2 Å². The average molecular weight is 533 g/mol. The lowest BCUT2D eigenvalue weighted by atomic mass is 9.93. The van der Waals surface area contributed by atoms with Crippen molar-refractivity contribution in [1.29, 1.82) is 0 Å². The van der Waals surface area contributed by atoms with Gasteiger partial charge in [0.05, 0.1) is 11.6 Å². The number of rotatable bonds is 8. The topological polar surface area (TPSA) is 141 Å². The molecule has 0 bridgehead atoms. The van der Waals surface area contributed by atoms with E-state index >= 15 is 0 Å². The highest BCUT2D eigenvalue weighted by molar-refractivity contribution is 8.01. The van der Waals surface area contributed by atoms with Crippen LogP contribution in [0.25, 0.3) is 0 Å². The fraction of sp³-hybridized carbons (Fsp3) is 0.458. The molecule has 2 aliphatic heterocycles. The van der Waals surface area contributed by atoms with E-state index in [1.54, 1.807) is 5.38 Å². The Morgan fingerprint density at radius 2 is 1.92 bits per heavy atom. The van der Waals surface area contributed by atoms with Gasteiger partial charge in [-0.2, -0.15) is 0 Å². The normalized spacial score (nSPS) is 23.7. The Hall–Kier alpha value is -3.12. The van der Waals surface area contributed by atoms with Crippen LogP contribution in [-0.4, -0.2) is 62.1 Å². The van der Waals surface area contributed by atoms with Gasteiger partial charge in [-0.15, -0.1) is 23.1 Å². The summed E-state index contributed by atoms with van der Waals surface area (Å²) < 4.78 is 9.47. The zero-order chi connectivity index (χ0) is 26.2. The van der Waals surface area contributed by atoms with Gasteiger partial charge in [-0.3, -0.25) is 14.4 Å². The maximum absolute atomic E-state index is 13.4. The second-order valence-electron chi connectivity index (χ2n) is 9.21. The number of carbonyl (C=O) groups is 4. The van der Waals surface area contributed by atoms with Crippen molar-refractivity contribution in [3.8, 4) is 0 Å². The number of thiazole rings is 1. The number of nitrogens with zero attached hydrogens (tertiary/aromatic N) is 2. The summed E-state index contributed by atoms with van der Waals surface area (Å²) in [6.07, 6.45) is -0.682. The molecule has 2 fully saturated rings. The minimum absolute atomic E-state index is 0.338. The van der Waals surface area contributed by atoms with Crippen molar-refractivity contribution >= 4 is 52.0 Å². The van der Waals surface area contributed by atoms with Crippen LogP contribution < -0.4 is 11.1 Å². The lowest BCUT2D eigenvalue weighted by Crippen LogP contribution is -2.71. The van der Waals surface area contributed by atoms with Crippen LogP contribution in [0.2, 0.25) is 0 Å². The number of benzene rings is 1. The van der Waals surface area contributed by atoms with Crippen LogP contribution in [-0.2, 0) is 35.1 Å². The largest absolute Gasteiger partial charge is 0.426 e. The number of hydrogen-bond donors (Lipinski definition) is 2. The summed E-state index contributed by atoms with van der Waals surface area (Å²) >= 11 is 2.66. The lowest BCUT2D eigenvalue weighted by molar-refractivity contribution is -0.190. The fourth-order valence-corrected chi connectivity index (χ4v) is 6.75. The molecule has 2 unspecified atom stereocenters. The first kappa shape index (κ1) is 26.0. The van der Waals surface area contributed by atoms with E-state index in [0.717, 1.165) is 5.56 Å². The van der Waals surface area contributed by atoms with Crippen molar-refractivity contribution in [3.05, 3.63) is 47.0 Å². The highest BCUT2D eigenvalue weighted by Gasteiger charge is 2.64. The van der Waals surface area contributed by atoms with E-state index in [2.05, 4.69) is 10.3 Å². The molecule has 1 aromatic heterocycles. The SMILES string of the molecule is CC(=O)OC(C)OC(=O)[C@@H]1N2C(=O)[C@H](NC(=O)C(Cc3ccccc3)c3csc(N)n3)[C@H]2SC1(C)C. The number of carbonyl (C=O) groups excluding carboxylic acids is 4. The van der Waals surface area contributed by atoms with Crippen molar-refractivity contribution < 1.29 is 28.7 Å². The Morgan fingerprint density at radius 3 is 2.53 bits per heavy atom. The maximum Gasteiger partial charge on any atom is 0.333 e. The Balaban J connectivity index is 1.48. The summed E-state index contributed by atoms with van der Waals surface area (Å²) in [5.41, 5.74) is 7.31. The molecule has 5 atom stereocenters. The number of hydrogen-bond acceptors (Lipinski definition) is 10. The number of β-lactam (4-membered cyclic amide) rings is 1. The third-order valence-electron chi connectivity index (χ3n) is 6.07. The number of aromatic nitrogens is 1. The number of thioether (sulfide) groups is 1. The zero-order valence-corrected chi connectivity index (χ0v) is 21.9. The van der Waals surface area contributed by atoms with Crippen LogP contribution in [0.4, 0.5) is 5.13 Å². The molecule has 2 saturated heterocycles. The Labute approximate surface area is 216 Å². The molecule has 192 valence electrons. The number of ether oxygens (including phenoxy) is 2. The van der Waals surface area contributed by atoms with Crippen LogP contribution in [0.15, 0.2) is 35.7 Å². The molecule has 2 aliphatic rings. The van der Waals surface area contributed by atoms with Crippen LogP contribution >= 0.6 is 23.1 Å². The van der Waals surface area contributed by atoms with Gasteiger partial charge in [0.2, 0.25) is 18.1 Å². The number of nitrogens with two attached hydrogens (primary N) is 1. The van der Waals surface area contributed by atoms with Gasteiger partial charge >= 0.3 is 11.9 Å². The first-order chi connectivity index (χ1) is 17.0. The van der Waals surface area contributed by atoms with Crippen LogP contribution in [0.1, 0.15) is 44.9 Å². The summed E-state index contributed by atoms with van der Waals surface area (Å²) in [6, 6.07) is 7.86. The molecule has 4 rings (SSSR count). The van der Waals surface area contributed by atoms with E-state index in [1.165, 1.54) is 41.8 Å². The molecule has 2 aromatic rings. The van der Waals surface area contributed by atoms with E-state index in [0.29, 0.717) is 17.2 Å². The maximum atomic E-state index is 13.4. The molecular weight excluding hydrogens is 504 g/mol. The van der Waals surface area contributed by atoms with E-state index in [-0.39, 0.29) is 11.8 Å². The summed E-state index contributed by atoms with van der Waals surface area (Å²) in [4.78, 5) is 56.3. The first-order valence-electron chi connectivity index (χ1n) is 11.4. The minimum Gasteiger partial charge on any atom is -0.426 e. The monoisotopic (exact) mass is 532 g/mol. The molecule has 0 radical (unpaired) electrons. The molecule has 0 aliphatic carbocycles. The number of nitrogen functional groups attached to an aromatic ring is 1. The Kier molecular flexibility index (Phi) is 7.28. The van der Waals surface area contributed by atoms with E-state index in [4.69, 9.17) is 15.2 Å². The van der Waals surface area contributed by atoms with E-state index < -0.39 is 46.4 Å². The zero-order valence-electron chi connectivity index (χ0n) is 20.3. The molecule has 3 heterocycles. The number of fused-ring (bicyclic) bond motifs is 1. The van der Waals surface area contributed by atoms with Gasteiger partial charge in [0.15, 0.2) is 5.13 Å². The Bertz CT molecular complexity index is 1170. The van der Waals surface area contributed by atoms with Gasteiger partial charge in [-0.1, -0.05) is 30.3 Å². The standard InChI is InChI=1S/C24H28N4O6S2/c1-12(29)33-13(2)34-22(32)18-24(3,4)36-21-17(20(31)28(18)21)27-19(30)15(16-11-35-23(25)26-16)10-14-8-6-5-7-9-14/h5-9,11,13,15,17-18,21H,10H2,1-4H3,(H2,25,26)(H,27,30)/t13?,15?,17-,18-,21+/m0/s1. The first-order valence-corrected chi connectivity index (χ1v) is 13.2. The van der Waals surface area contributed by atoms with Crippen molar-refractivity contribution in [1.82, 2.24) is 15.2 Å². The summed E-state index contributed by atoms with van der Waals surface area (Å²) in [6.45, 7) is 6.32. The second kappa shape index (κ2) is 10.1. The van der Waals surface area contributed by atoms with Gasteiger partial charge in [-0.25, -0.2) is 9.78 Å². The molecule has 1 aromatic carbocycles. The fourth-order valence-electron chi connectivity index (χ4n) is 4.51. The van der Waals surface area contributed by atoms with E-state index in [9.17, 15) is 19.2 Å². The van der Waals surface area contributed by atoms with Crippen LogP contribution in [0.5, 0.6) is 0 Å². The molecule has 12 heteroatoms. The second-order valence-corrected chi connectivity index (χ2v) is 11.9. The number of esters is 2. The van der Waals surface area contributed by atoms with Gasteiger partial charge in [0, 0.05) is 24.0 Å². The predicted octanol–water partition coefficient (Wildman–Crippen LogP) is 2.05. The van der Waals surface area contributed by atoms with Crippen LogP contribution in [0.3, 0.4) is 0 Å². The third-order valence-corrected chi connectivity index (χ3v) is 8.34.